The number of nitrogens with one attached hydrogen (secondary N) is 1. The zero-order chi connectivity index (χ0) is 27.5. The molecule has 3 N–H and O–H groups in total. The van der Waals surface area contributed by atoms with Gasteiger partial charge in [-0.1, -0.05) is 0 Å². The number of aromatic hydroxyl groups is 2. The highest BCUT2D eigenvalue weighted by Gasteiger charge is 2.58. The van der Waals surface area contributed by atoms with E-state index in [1.54, 1.807) is 43.3 Å². The van der Waals surface area contributed by atoms with Crippen molar-refractivity contribution in [2.24, 2.45) is 0 Å². The summed E-state index contributed by atoms with van der Waals surface area (Å²) < 4.78 is 53.7. The minimum atomic E-state index is -4.81. The molecular formula is C27H22F3N3O5. The van der Waals surface area contributed by atoms with Gasteiger partial charge in [-0.25, -0.2) is 0 Å². The van der Waals surface area contributed by atoms with Gasteiger partial charge in [0.1, 0.15) is 17.0 Å². The number of ether oxygens (including phenoxy) is 2. The van der Waals surface area contributed by atoms with Gasteiger partial charge in [-0.3, -0.25) is 9.36 Å². The molecule has 0 saturated carbocycles. The molecule has 0 saturated heterocycles. The van der Waals surface area contributed by atoms with Gasteiger partial charge in [0.15, 0.2) is 0 Å². The number of amides is 1. The number of aromatic nitrogens is 1. The van der Waals surface area contributed by atoms with Crippen molar-refractivity contribution in [3.63, 3.8) is 0 Å². The Bertz CT molecular complexity index is 1520. The fraction of sp³-hybridized carbons (Fsp3) is 0.259. The van der Waals surface area contributed by atoms with Crippen LogP contribution in [0.15, 0.2) is 54.6 Å². The molecule has 0 unspecified atom stereocenters. The summed E-state index contributed by atoms with van der Waals surface area (Å²) in [6.07, 6.45) is -1.13. The second-order valence-electron chi connectivity index (χ2n) is 9.31. The van der Waals surface area contributed by atoms with Crippen LogP contribution >= 0.6 is 0 Å². The highest BCUT2D eigenvalue weighted by atomic mass is 19.4. The van der Waals surface area contributed by atoms with E-state index in [9.17, 15) is 28.2 Å². The van der Waals surface area contributed by atoms with Crippen molar-refractivity contribution in [2.45, 2.75) is 37.6 Å². The van der Waals surface area contributed by atoms with Gasteiger partial charge in [-0.2, -0.15) is 18.4 Å². The maximum atomic E-state index is 13.6. The van der Waals surface area contributed by atoms with E-state index < -0.39 is 40.3 Å². The number of nitrogens with zero attached hydrogens (tertiary/aromatic N) is 2. The summed E-state index contributed by atoms with van der Waals surface area (Å²) >= 11 is 0. The van der Waals surface area contributed by atoms with Crippen LogP contribution in [0, 0.1) is 11.3 Å². The molecule has 196 valence electrons. The number of fused-ring (bicyclic) bond motifs is 5. The third-order valence-corrected chi connectivity index (χ3v) is 6.71. The van der Waals surface area contributed by atoms with Gasteiger partial charge >= 0.3 is 6.18 Å². The second kappa shape index (κ2) is 8.56. The number of hydrogen-bond acceptors (Lipinski definition) is 6. The molecule has 11 heteroatoms. The summed E-state index contributed by atoms with van der Waals surface area (Å²) in [5, 5.41) is 34.0. The number of benzene rings is 2. The molecule has 2 atom stereocenters. The predicted molar refractivity (Wildman–Crippen MR) is 129 cm³/mol. The van der Waals surface area contributed by atoms with Crippen LogP contribution < -0.4 is 10.1 Å². The minimum Gasteiger partial charge on any atom is -0.494 e. The number of halogens is 3. The molecule has 0 fully saturated rings. The van der Waals surface area contributed by atoms with E-state index in [0.717, 1.165) is 10.6 Å². The fourth-order valence-electron chi connectivity index (χ4n) is 5.09. The van der Waals surface area contributed by atoms with Gasteiger partial charge in [0.2, 0.25) is 17.7 Å². The molecule has 1 amide bonds. The van der Waals surface area contributed by atoms with Crippen molar-refractivity contribution in [1.82, 2.24) is 4.57 Å². The monoisotopic (exact) mass is 525 g/mol. The lowest BCUT2D eigenvalue weighted by molar-refractivity contribution is -0.137. The van der Waals surface area contributed by atoms with Crippen LogP contribution in [-0.2, 0) is 26.9 Å². The molecule has 0 radical (unpaired) electrons. The van der Waals surface area contributed by atoms with Gasteiger partial charge in [0.25, 0.3) is 0 Å². The van der Waals surface area contributed by atoms with Crippen LogP contribution in [0.3, 0.4) is 0 Å². The first-order valence-electron chi connectivity index (χ1n) is 11.6. The number of nitriles is 1. The Morgan fingerprint density at radius 1 is 1.13 bits per heavy atom. The highest BCUT2D eigenvalue weighted by molar-refractivity contribution is 5.88. The van der Waals surface area contributed by atoms with Crippen LogP contribution in [0.25, 0.3) is 5.69 Å². The van der Waals surface area contributed by atoms with Crippen molar-refractivity contribution in [2.75, 3.05) is 11.9 Å². The lowest BCUT2D eigenvalue weighted by Gasteiger charge is -2.25. The number of alkyl halides is 3. The van der Waals surface area contributed by atoms with Crippen LogP contribution in [-0.4, -0.2) is 27.3 Å². The van der Waals surface area contributed by atoms with Crippen LogP contribution in [0.2, 0.25) is 0 Å². The van der Waals surface area contributed by atoms with Gasteiger partial charge in [0.05, 0.1) is 40.6 Å². The van der Waals surface area contributed by atoms with Crippen molar-refractivity contribution in [1.29, 1.82) is 5.26 Å². The Hall–Kier alpha value is -4.43. The number of carbonyl (C=O) groups excluding carboxylic acids is 1. The van der Waals surface area contributed by atoms with Gasteiger partial charge in [-0.15, -0.1) is 0 Å². The average molecular weight is 525 g/mol. The van der Waals surface area contributed by atoms with Crippen LogP contribution in [0.5, 0.6) is 17.5 Å². The number of carbonyl (C=O) groups is 1. The first kappa shape index (κ1) is 25.2. The molecule has 2 aliphatic rings. The summed E-state index contributed by atoms with van der Waals surface area (Å²) in [5.41, 5.74) is -3.13. The summed E-state index contributed by atoms with van der Waals surface area (Å²) in [5.74, 6) is -0.601. The summed E-state index contributed by atoms with van der Waals surface area (Å²) in [4.78, 5) is 11.2. The van der Waals surface area contributed by atoms with E-state index >= 15 is 0 Å². The normalized spacial score (nSPS) is 21.3. The first-order valence-corrected chi connectivity index (χ1v) is 11.6. The van der Waals surface area contributed by atoms with Crippen LogP contribution in [0.4, 0.5) is 18.9 Å². The quantitative estimate of drug-likeness (QED) is 0.380. The Kier molecular flexibility index (Phi) is 5.69. The molecular weight excluding hydrogens is 503 g/mol. The van der Waals surface area contributed by atoms with E-state index in [4.69, 9.17) is 14.7 Å². The van der Waals surface area contributed by atoms with E-state index in [2.05, 4.69) is 5.32 Å². The maximum Gasteiger partial charge on any atom is 0.417 e. The molecule has 3 aromatic rings. The summed E-state index contributed by atoms with van der Waals surface area (Å²) in [7, 11) is 0. The Balaban J connectivity index is 1.46. The molecule has 2 aliphatic heterocycles. The third kappa shape index (κ3) is 3.94. The van der Waals surface area contributed by atoms with Crippen molar-refractivity contribution in [3.8, 4) is 29.3 Å². The SMILES string of the molecule is CC(=O)Nc1ccc(OCC[C@@]23C=C[C@@](C)(O2)c2c3c(O)n(-c3ccc(C#N)c(C(F)(F)F)c3)c2O)cc1. The lowest BCUT2D eigenvalue weighted by atomic mass is 9.83. The average Bonchev–Trinajstić information content (AvgIpc) is 3.43. The molecule has 3 heterocycles. The lowest BCUT2D eigenvalue weighted by Crippen LogP contribution is -2.25. The number of rotatable bonds is 6. The number of anilines is 1. The molecule has 0 spiro atoms. The molecule has 0 aliphatic carbocycles. The second-order valence-corrected chi connectivity index (χ2v) is 9.31. The molecule has 2 aromatic carbocycles. The molecule has 2 bridgehead atoms. The van der Waals surface area contributed by atoms with Gasteiger partial charge < -0.3 is 25.0 Å². The van der Waals surface area contributed by atoms with E-state index in [-0.39, 0.29) is 35.7 Å². The van der Waals surface area contributed by atoms with Crippen molar-refractivity contribution in [3.05, 3.63) is 76.9 Å². The third-order valence-electron chi connectivity index (χ3n) is 6.71. The van der Waals surface area contributed by atoms with E-state index in [1.165, 1.54) is 19.1 Å². The molecule has 38 heavy (non-hydrogen) atoms. The summed E-state index contributed by atoms with van der Waals surface area (Å²) in [6.45, 7) is 3.22. The Morgan fingerprint density at radius 3 is 2.45 bits per heavy atom. The molecule has 5 rings (SSSR count). The first-order chi connectivity index (χ1) is 17.9. The van der Waals surface area contributed by atoms with E-state index in [0.29, 0.717) is 17.5 Å². The minimum absolute atomic E-state index is 0.139. The van der Waals surface area contributed by atoms with Gasteiger partial charge in [0, 0.05) is 19.0 Å². The standard InChI is InChI=1S/C27H22F3N3O5/c1-15(34)32-17-4-7-19(8-5-17)37-12-11-26-10-9-25(2,38-26)21-22(26)24(36)33(23(21)35)18-6-3-16(14-31)20(13-18)27(28,29)30/h3-10,13,35-36H,11-12H2,1-2H3,(H,32,34)/t25-,26-/m1/s1. The fourth-order valence-corrected chi connectivity index (χ4v) is 5.09. The molecule has 1 aromatic heterocycles. The number of hydrogen-bond donors (Lipinski definition) is 3. The smallest absolute Gasteiger partial charge is 0.417 e. The van der Waals surface area contributed by atoms with Gasteiger partial charge in [-0.05, 0) is 61.5 Å². The van der Waals surface area contributed by atoms with Crippen LogP contribution in [0.1, 0.15) is 42.5 Å². The Morgan fingerprint density at radius 2 is 1.82 bits per heavy atom. The zero-order valence-corrected chi connectivity index (χ0v) is 20.3. The maximum absolute atomic E-state index is 13.6. The van der Waals surface area contributed by atoms with Crippen molar-refractivity contribution >= 4 is 11.6 Å². The highest BCUT2D eigenvalue weighted by Crippen LogP contribution is 2.62. The topological polar surface area (TPSA) is 117 Å². The Labute approximate surface area is 215 Å². The molecule has 8 nitrogen and oxygen atoms in total. The largest absolute Gasteiger partial charge is 0.494 e. The van der Waals surface area contributed by atoms with Crippen molar-refractivity contribution < 1.29 is 37.7 Å². The zero-order valence-electron chi connectivity index (χ0n) is 20.3. The summed E-state index contributed by atoms with van der Waals surface area (Å²) in [6, 6.07) is 11.2. The predicted octanol–water partition coefficient (Wildman–Crippen LogP) is 5.22. The van der Waals surface area contributed by atoms with E-state index in [1.807, 2.05) is 0 Å².